The van der Waals surface area contributed by atoms with Crippen molar-refractivity contribution < 1.29 is 23.9 Å². The maximum absolute atomic E-state index is 12.7. The molecule has 2 aromatic rings. The number of rotatable bonds is 7. The normalized spacial score (nSPS) is 16.2. The quantitative estimate of drug-likeness (QED) is 0.712. The van der Waals surface area contributed by atoms with Gasteiger partial charge in [0.2, 0.25) is 0 Å². The molecule has 0 unspecified atom stereocenters. The molecule has 7 nitrogen and oxygen atoms in total. The molecule has 2 aromatic carbocycles. The summed E-state index contributed by atoms with van der Waals surface area (Å²) >= 11 is 0.929. The fourth-order valence-electron chi connectivity index (χ4n) is 2.74. The Morgan fingerprint density at radius 1 is 1.18 bits per heavy atom. The van der Waals surface area contributed by atoms with Crippen LogP contribution in [-0.4, -0.2) is 41.1 Å². The van der Waals surface area contributed by atoms with Crippen molar-refractivity contribution in [3.8, 4) is 5.75 Å². The molecule has 0 aromatic heterocycles. The molecule has 0 aliphatic carbocycles. The molecule has 8 heteroatoms. The van der Waals surface area contributed by atoms with Crippen molar-refractivity contribution in [2.45, 2.75) is 18.8 Å². The molecule has 0 saturated carbocycles. The number of esters is 1. The molecule has 0 spiro atoms. The fourth-order valence-corrected chi connectivity index (χ4v) is 3.65. The van der Waals surface area contributed by atoms with Crippen LogP contribution in [0.1, 0.15) is 22.8 Å². The van der Waals surface area contributed by atoms with Crippen molar-refractivity contribution in [1.82, 2.24) is 4.90 Å². The topological polar surface area (TPSA) is 84.9 Å². The number of benzene rings is 2. The molecule has 0 bridgehead atoms. The predicted octanol–water partition coefficient (Wildman–Crippen LogP) is 3.51. The predicted molar refractivity (Wildman–Crippen MR) is 106 cm³/mol. The summed E-state index contributed by atoms with van der Waals surface area (Å²) in [5.74, 6) is -0.0562. The van der Waals surface area contributed by atoms with Crippen LogP contribution in [0.2, 0.25) is 0 Å². The number of methoxy groups -OCH3 is 1. The van der Waals surface area contributed by atoms with E-state index in [2.05, 4.69) is 5.32 Å². The second kappa shape index (κ2) is 8.79. The monoisotopic (exact) mass is 400 g/mol. The molecular weight excluding hydrogens is 380 g/mol. The van der Waals surface area contributed by atoms with Crippen LogP contribution >= 0.6 is 11.8 Å². The van der Waals surface area contributed by atoms with Crippen LogP contribution in [0.5, 0.6) is 5.75 Å². The van der Waals surface area contributed by atoms with E-state index in [1.54, 1.807) is 48.5 Å². The molecule has 1 saturated heterocycles. The Bertz CT molecular complexity index is 884. The molecule has 1 aliphatic heterocycles. The van der Waals surface area contributed by atoms with Crippen LogP contribution in [0.3, 0.4) is 0 Å². The van der Waals surface area contributed by atoms with E-state index in [-0.39, 0.29) is 17.7 Å². The van der Waals surface area contributed by atoms with E-state index in [1.165, 1.54) is 12.0 Å². The van der Waals surface area contributed by atoms with Gasteiger partial charge in [-0.1, -0.05) is 12.1 Å². The van der Waals surface area contributed by atoms with Crippen molar-refractivity contribution in [3.05, 3.63) is 59.7 Å². The lowest BCUT2D eigenvalue weighted by atomic mass is 10.1. The molecule has 1 atom stereocenters. The number of ether oxygens (including phenoxy) is 2. The van der Waals surface area contributed by atoms with Crippen molar-refractivity contribution in [1.29, 1.82) is 0 Å². The third-order valence-corrected chi connectivity index (χ3v) is 5.06. The van der Waals surface area contributed by atoms with Gasteiger partial charge in [-0.3, -0.25) is 14.5 Å². The Morgan fingerprint density at radius 3 is 2.61 bits per heavy atom. The summed E-state index contributed by atoms with van der Waals surface area (Å²) in [6.07, 6.45) is 0. The first-order valence-corrected chi connectivity index (χ1v) is 9.58. The summed E-state index contributed by atoms with van der Waals surface area (Å²) in [6, 6.07) is 13.9. The van der Waals surface area contributed by atoms with E-state index in [0.717, 1.165) is 23.2 Å². The van der Waals surface area contributed by atoms with Gasteiger partial charge in [0.05, 0.1) is 25.8 Å². The molecule has 0 radical (unpaired) electrons. The SMILES string of the molecule is CCOc1ccc(N[C@@H]2SC(=O)N(Cc3cccc(C(=O)OC)c3)C2=O)cc1. The van der Waals surface area contributed by atoms with Crippen molar-refractivity contribution in [3.63, 3.8) is 0 Å². The largest absolute Gasteiger partial charge is 0.494 e. The van der Waals surface area contributed by atoms with Gasteiger partial charge in [-0.05, 0) is 60.6 Å². The Hall–Kier alpha value is -3.00. The number of nitrogens with one attached hydrogen (secondary N) is 1. The molecule has 28 heavy (non-hydrogen) atoms. The van der Waals surface area contributed by atoms with Gasteiger partial charge >= 0.3 is 5.97 Å². The summed E-state index contributed by atoms with van der Waals surface area (Å²) in [4.78, 5) is 37.8. The minimum atomic E-state index is -0.700. The summed E-state index contributed by atoms with van der Waals surface area (Å²) in [7, 11) is 1.30. The van der Waals surface area contributed by atoms with Gasteiger partial charge in [0.1, 0.15) is 5.75 Å². The average molecular weight is 400 g/mol. The second-order valence-electron chi connectivity index (χ2n) is 5.98. The fraction of sp³-hybridized carbons (Fsp3) is 0.250. The number of amides is 2. The molecule has 146 valence electrons. The number of nitrogens with zero attached hydrogens (tertiary/aromatic N) is 1. The number of carbonyl (C=O) groups excluding carboxylic acids is 3. The van der Waals surface area contributed by atoms with E-state index < -0.39 is 11.3 Å². The molecule has 1 fully saturated rings. The van der Waals surface area contributed by atoms with Gasteiger partial charge < -0.3 is 14.8 Å². The van der Waals surface area contributed by atoms with E-state index in [4.69, 9.17) is 9.47 Å². The smallest absolute Gasteiger partial charge is 0.337 e. The first kappa shape index (κ1) is 19.8. The van der Waals surface area contributed by atoms with Crippen LogP contribution in [0, 0.1) is 0 Å². The highest BCUT2D eigenvalue weighted by Crippen LogP contribution is 2.30. The minimum absolute atomic E-state index is 0.0942. The highest BCUT2D eigenvalue weighted by atomic mass is 32.2. The zero-order chi connectivity index (χ0) is 20.1. The van der Waals surface area contributed by atoms with Gasteiger partial charge in [0.15, 0.2) is 5.37 Å². The van der Waals surface area contributed by atoms with E-state index >= 15 is 0 Å². The number of hydrogen-bond acceptors (Lipinski definition) is 7. The Morgan fingerprint density at radius 2 is 1.93 bits per heavy atom. The average Bonchev–Trinajstić information content (AvgIpc) is 2.96. The number of imide groups is 1. The maximum Gasteiger partial charge on any atom is 0.337 e. The lowest BCUT2D eigenvalue weighted by Crippen LogP contribution is -2.34. The van der Waals surface area contributed by atoms with Crippen LogP contribution < -0.4 is 10.1 Å². The lowest BCUT2D eigenvalue weighted by molar-refractivity contribution is -0.126. The summed E-state index contributed by atoms with van der Waals surface area (Å²) in [5.41, 5.74) is 1.76. The number of hydrogen-bond donors (Lipinski definition) is 1. The lowest BCUT2D eigenvalue weighted by Gasteiger charge is -2.15. The van der Waals surface area contributed by atoms with Crippen LogP contribution in [0.15, 0.2) is 48.5 Å². The minimum Gasteiger partial charge on any atom is -0.494 e. The van der Waals surface area contributed by atoms with Gasteiger partial charge in [-0.2, -0.15) is 0 Å². The van der Waals surface area contributed by atoms with Crippen molar-refractivity contribution in [2.24, 2.45) is 0 Å². The van der Waals surface area contributed by atoms with Gasteiger partial charge in [0, 0.05) is 5.69 Å². The van der Waals surface area contributed by atoms with Gasteiger partial charge in [-0.15, -0.1) is 0 Å². The van der Waals surface area contributed by atoms with Gasteiger partial charge in [-0.25, -0.2) is 4.79 Å². The Labute approximate surface area is 167 Å². The first-order valence-electron chi connectivity index (χ1n) is 8.70. The summed E-state index contributed by atoms with van der Waals surface area (Å²) < 4.78 is 10.1. The first-order chi connectivity index (χ1) is 13.5. The zero-order valence-corrected chi connectivity index (χ0v) is 16.3. The van der Waals surface area contributed by atoms with Crippen molar-refractivity contribution in [2.75, 3.05) is 19.0 Å². The molecule has 1 aliphatic rings. The van der Waals surface area contributed by atoms with Crippen molar-refractivity contribution >= 4 is 34.6 Å². The molecule has 2 amide bonds. The maximum atomic E-state index is 12.7. The highest BCUT2D eigenvalue weighted by Gasteiger charge is 2.39. The number of carbonyl (C=O) groups is 3. The third-order valence-electron chi connectivity index (χ3n) is 4.08. The molecule has 1 heterocycles. The summed E-state index contributed by atoms with van der Waals surface area (Å²) in [6.45, 7) is 2.57. The molecular formula is C20H20N2O5S. The highest BCUT2D eigenvalue weighted by molar-refractivity contribution is 8.15. The van der Waals surface area contributed by atoms with Crippen LogP contribution in [-0.2, 0) is 16.1 Å². The van der Waals surface area contributed by atoms with E-state index in [9.17, 15) is 14.4 Å². The molecule has 3 rings (SSSR count). The Balaban J connectivity index is 1.67. The number of anilines is 1. The van der Waals surface area contributed by atoms with Crippen LogP contribution in [0.4, 0.5) is 10.5 Å². The Kier molecular flexibility index (Phi) is 6.20. The van der Waals surface area contributed by atoms with Gasteiger partial charge in [0.25, 0.3) is 11.1 Å². The van der Waals surface area contributed by atoms with E-state index in [1.807, 2.05) is 6.92 Å². The summed E-state index contributed by atoms with van der Waals surface area (Å²) in [5, 5.41) is 2.03. The second-order valence-corrected chi connectivity index (χ2v) is 7.04. The molecule has 1 N–H and O–H groups in total. The standard InChI is InChI=1S/C20H20N2O5S/c1-3-27-16-9-7-15(8-10-16)21-17-18(23)22(20(25)28-17)12-13-5-4-6-14(11-13)19(24)26-2/h4-11,17,21H,3,12H2,1-2H3/t17-/m1/s1. The van der Waals surface area contributed by atoms with E-state index in [0.29, 0.717) is 17.7 Å². The third kappa shape index (κ3) is 4.45. The number of thioether (sulfide) groups is 1. The zero-order valence-electron chi connectivity index (χ0n) is 15.5. The van der Waals surface area contributed by atoms with Crippen LogP contribution in [0.25, 0.3) is 0 Å².